The molecule has 110 valence electrons. The molecule has 1 unspecified atom stereocenters. The van der Waals surface area contributed by atoms with Crippen LogP contribution in [0.15, 0.2) is 36.7 Å². The van der Waals surface area contributed by atoms with E-state index in [4.69, 9.17) is 0 Å². The Morgan fingerprint density at radius 1 is 1.43 bits per heavy atom. The van der Waals surface area contributed by atoms with Gasteiger partial charge in [-0.3, -0.25) is 14.7 Å². The average molecular weight is 283 g/mol. The SMILES string of the molecule is CC(=O)c1cc(CN2CCCC2c2ccccn2)n(C)c1. The molecule has 0 aliphatic carbocycles. The fourth-order valence-corrected chi connectivity index (χ4v) is 3.09. The molecule has 0 saturated carbocycles. The number of ketones is 1. The molecule has 0 bridgehead atoms. The van der Waals surface area contributed by atoms with Gasteiger partial charge in [-0.1, -0.05) is 6.07 Å². The minimum atomic E-state index is 0.125. The zero-order valence-corrected chi connectivity index (χ0v) is 12.6. The quantitative estimate of drug-likeness (QED) is 0.810. The number of rotatable bonds is 4. The van der Waals surface area contributed by atoms with Crippen LogP contribution in [0.4, 0.5) is 0 Å². The van der Waals surface area contributed by atoms with Crippen molar-refractivity contribution in [3.63, 3.8) is 0 Å². The van der Waals surface area contributed by atoms with Crippen LogP contribution in [0.1, 0.15) is 47.6 Å². The van der Waals surface area contributed by atoms with Gasteiger partial charge >= 0.3 is 0 Å². The van der Waals surface area contributed by atoms with Gasteiger partial charge in [-0.25, -0.2) is 0 Å². The maximum atomic E-state index is 11.5. The minimum Gasteiger partial charge on any atom is -0.353 e. The average Bonchev–Trinajstić information content (AvgIpc) is 3.08. The minimum absolute atomic E-state index is 0.125. The number of hydrogen-bond acceptors (Lipinski definition) is 3. The second kappa shape index (κ2) is 5.82. The Hall–Kier alpha value is -1.94. The highest BCUT2D eigenvalue weighted by Crippen LogP contribution is 2.32. The molecule has 1 aliphatic heterocycles. The third-order valence-corrected chi connectivity index (χ3v) is 4.27. The van der Waals surface area contributed by atoms with E-state index in [0.29, 0.717) is 6.04 Å². The van der Waals surface area contributed by atoms with Gasteiger partial charge in [0.05, 0.1) is 11.7 Å². The Morgan fingerprint density at radius 3 is 2.95 bits per heavy atom. The lowest BCUT2D eigenvalue weighted by Gasteiger charge is -2.24. The van der Waals surface area contributed by atoms with Crippen LogP contribution in [-0.4, -0.2) is 26.8 Å². The highest BCUT2D eigenvalue weighted by atomic mass is 16.1. The lowest BCUT2D eigenvalue weighted by Crippen LogP contribution is -2.24. The zero-order valence-electron chi connectivity index (χ0n) is 12.6. The summed E-state index contributed by atoms with van der Waals surface area (Å²) < 4.78 is 2.06. The molecule has 1 fully saturated rings. The normalized spacial score (nSPS) is 19.0. The van der Waals surface area contributed by atoms with E-state index in [-0.39, 0.29) is 5.78 Å². The molecule has 4 nitrogen and oxygen atoms in total. The Labute approximate surface area is 125 Å². The molecule has 1 saturated heterocycles. The van der Waals surface area contributed by atoms with Crippen molar-refractivity contribution in [1.29, 1.82) is 0 Å². The smallest absolute Gasteiger partial charge is 0.161 e. The topological polar surface area (TPSA) is 38.1 Å². The summed E-state index contributed by atoms with van der Waals surface area (Å²) in [7, 11) is 2.01. The van der Waals surface area contributed by atoms with Crippen molar-refractivity contribution in [2.45, 2.75) is 32.4 Å². The summed E-state index contributed by atoms with van der Waals surface area (Å²) in [6.45, 7) is 3.57. The number of aromatic nitrogens is 2. The van der Waals surface area contributed by atoms with Gasteiger partial charge in [0.2, 0.25) is 0 Å². The lowest BCUT2D eigenvalue weighted by molar-refractivity contribution is 0.101. The molecule has 0 radical (unpaired) electrons. The van der Waals surface area contributed by atoms with E-state index in [9.17, 15) is 4.79 Å². The van der Waals surface area contributed by atoms with Crippen LogP contribution in [0, 0.1) is 0 Å². The maximum Gasteiger partial charge on any atom is 0.161 e. The largest absolute Gasteiger partial charge is 0.353 e. The highest BCUT2D eigenvalue weighted by molar-refractivity contribution is 5.94. The first-order chi connectivity index (χ1) is 10.1. The number of carbonyl (C=O) groups is 1. The standard InChI is InChI=1S/C17H21N3O/c1-13(21)14-10-15(19(2)11-14)12-20-9-5-7-17(20)16-6-3-4-8-18-16/h3-4,6,8,10-11,17H,5,7,9,12H2,1-2H3. The molecule has 21 heavy (non-hydrogen) atoms. The van der Waals surface area contributed by atoms with E-state index in [0.717, 1.165) is 30.8 Å². The molecule has 3 rings (SSSR count). The van der Waals surface area contributed by atoms with E-state index < -0.39 is 0 Å². The van der Waals surface area contributed by atoms with Crippen molar-refractivity contribution in [2.24, 2.45) is 7.05 Å². The van der Waals surface area contributed by atoms with Crippen LogP contribution in [0.5, 0.6) is 0 Å². The van der Waals surface area contributed by atoms with Crippen LogP contribution in [0.3, 0.4) is 0 Å². The summed E-state index contributed by atoms with van der Waals surface area (Å²) in [5, 5.41) is 0. The first kappa shape index (κ1) is 14.0. The zero-order chi connectivity index (χ0) is 14.8. The van der Waals surface area contributed by atoms with Crippen LogP contribution in [0.2, 0.25) is 0 Å². The molecule has 1 atom stereocenters. The first-order valence-electron chi connectivity index (χ1n) is 7.46. The maximum absolute atomic E-state index is 11.5. The van der Waals surface area contributed by atoms with Crippen LogP contribution in [0.25, 0.3) is 0 Å². The number of nitrogens with zero attached hydrogens (tertiary/aromatic N) is 3. The van der Waals surface area contributed by atoms with Gasteiger partial charge in [0.25, 0.3) is 0 Å². The van der Waals surface area contributed by atoms with Crippen molar-refractivity contribution in [3.05, 3.63) is 53.6 Å². The molecule has 0 aromatic carbocycles. The highest BCUT2D eigenvalue weighted by Gasteiger charge is 2.27. The summed E-state index contributed by atoms with van der Waals surface area (Å²) in [5.74, 6) is 0.125. The van der Waals surface area contributed by atoms with Gasteiger partial charge in [0, 0.05) is 37.2 Å². The Balaban J connectivity index is 1.79. The monoisotopic (exact) mass is 283 g/mol. The number of Topliss-reactive ketones (excluding diaryl/α,β-unsaturated/α-hetero) is 1. The fourth-order valence-electron chi connectivity index (χ4n) is 3.09. The molecular weight excluding hydrogens is 262 g/mol. The van der Waals surface area contributed by atoms with E-state index in [1.165, 1.54) is 12.1 Å². The molecule has 0 N–H and O–H groups in total. The number of likely N-dealkylation sites (tertiary alicyclic amines) is 1. The third-order valence-electron chi connectivity index (χ3n) is 4.27. The Bertz CT molecular complexity index is 633. The van der Waals surface area contributed by atoms with Crippen molar-refractivity contribution >= 4 is 5.78 Å². The van der Waals surface area contributed by atoms with Crippen LogP contribution in [-0.2, 0) is 13.6 Å². The Kier molecular flexibility index (Phi) is 3.88. The van der Waals surface area contributed by atoms with Gasteiger partial charge < -0.3 is 4.57 Å². The van der Waals surface area contributed by atoms with Crippen molar-refractivity contribution in [3.8, 4) is 0 Å². The molecule has 2 aromatic rings. The van der Waals surface area contributed by atoms with Crippen LogP contribution < -0.4 is 0 Å². The predicted molar refractivity (Wildman–Crippen MR) is 82.0 cm³/mol. The van der Waals surface area contributed by atoms with Gasteiger partial charge in [-0.15, -0.1) is 0 Å². The second-order valence-electron chi connectivity index (χ2n) is 5.77. The molecule has 2 aromatic heterocycles. The van der Waals surface area contributed by atoms with Gasteiger partial charge in [0.15, 0.2) is 5.78 Å². The van der Waals surface area contributed by atoms with E-state index in [1.807, 2.05) is 31.6 Å². The number of hydrogen-bond donors (Lipinski definition) is 0. The van der Waals surface area contributed by atoms with E-state index >= 15 is 0 Å². The molecular formula is C17H21N3O. The van der Waals surface area contributed by atoms with E-state index in [2.05, 4.69) is 26.6 Å². The molecule has 4 heteroatoms. The van der Waals surface area contributed by atoms with Gasteiger partial charge in [-0.05, 0) is 44.5 Å². The summed E-state index contributed by atoms with van der Waals surface area (Å²) in [6, 6.07) is 8.52. The predicted octanol–water partition coefficient (Wildman–Crippen LogP) is 2.96. The number of pyridine rings is 1. The second-order valence-corrected chi connectivity index (χ2v) is 5.77. The first-order valence-corrected chi connectivity index (χ1v) is 7.46. The summed E-state index contributed by atoms with van der Waals surface area (Å²) in [6.07, 6.45) is 6.14. The van der Waals surface area contributed by atoms with Gasteiger partial charge in [0.1, 0.15) is 0 Å². The summed E-state index contributed by atoms with van der Waals surface area (Å²) in [4.78, 5) is 18.5. The van der Waals surface area contributed by atoms with E-state index in [1.54, 1.807) is 6.92 Å². The molecule has 0 amide bonds. The molecule has 0 spiro atoms. The summed E-state index contributed by atoms with van der Waals surface area (Å²) >= 11 is 0. The summed E-state index contributed by atoms with van der Waals surface area (Å²) in [5.41, 5.74) is 3.13. The number of carbonyl (C=O) groups excluding carboxylic acids is 1. The Morgan fingerprint density at radius 2 is 2.29 bits per heavy atom. The fraction of sp³-hybridized carbons (Fsp3) is 0.412. The van der Waals surface area contributed by atoms with Gasteiger partial charge in [-0.2, -0.15) is 0 Å². The van der Waals surface area contributed by atoms with Crippen LogP contribution >= 0.6 is 0 Å². The van der Waals surface area contributed by atoms with Crippen molar-refractivity contribution < 1.29 is 4.79 Å². The third kappa shape index (κ3) is 2.90. The van der Waals surface area contributed by atoms with Crippen molar-refractivity contribution in [2.75, 3.05) is 6.54 Å². The number of aryl methyl sites for hydroxylation is 1. The molecule has 1 aliphatic rings. The van der Waals surface area contributed by atoms with Crippen molar-refractivity contribution in [1.82, 2.24) is 14.5 Å². The molecule has 3 heterocycles. The lowest BCUT2D eigenvalue weighted by atomic mass is 10.1.